The number of rotatable bonds is 3. The average Bonchev–Trinajstić information content (AvgIpc) is 2.61. The summed E-state index contributed by atoms with van der Waals surface area (Å²) in [6.07, 6.45) is 5.84. The molecule has 4 heteroatoms. The van der Waals surface area contributed by atoms with Crippen LogP contribution in [0.5, 0.6) is 0 Å². The highest BCUT2D eigenvalue weighted by molar-refractivity contribution is 5.46. The lowest BCUT2D eigenvalue weighted by Gasteiger charge is -2.04. The fourth-order valence-corrected chi connectivity index (χ4v) is 1.55. The van der Waals surface area contributed by atoms with Crippen LogP contribution in [0.1, 0.15) is 30.9 Å². The highest BCUT2D eigenvalue weighted by Crippen LogP contribution is 2.14. The Kier molecular flexibility index (Phi) is 2.68. The van der Waals surface area contributed by atoms with Crippen molar-refractivity contribution in [2.45, 2.75) is 26.3 Å². The molecule has 0 radical (unpaired) electrons. The molecule has 1 N–H and O–H groups in total. The first-order valence-corrected chi connectivity index (χ1v) is 5.19. The van der Waals surface area contributed by atoms with E-state index in [1.165, 1.54) is 5.56 Å². The summed E-state index contributed by atoms with van der Waals surface area (Å²) >= 11 is 0. The van der Waals surface area contributed by atoms with E-state index in [9.17, 15) is 0 Å². The van der Waals surface area contributed by atoms with Crippen LogP contribution in [-0.4, -0.2) is 21.6 Å². The van der Waals surface area contributed by atoms with Gasteiger partial charge in [0.25, 0.3) is 0 Å². The summed E-state index contributed by atoms with van der Waals surface area (Å²) in [6, 6.07) is 0. The molecular weight excluding hydrogens is 188 g/mol. The molecule has 2 rings (SSSR count). The molecule has 0 atom stereocenters. The molecule has 0 spiro atoms. The largest absolute Gasteiger partial charge is 0.315 e. The molecule has 2 aromatic rings. The predicted molar refractivity (Wildman–Crippen MR) is 59.8 cm³/mol. The summed E-state index contributed by atoms with van der Waals surface area (Å²) in [4.78, 5) is 4.44. The van der Waals surface area contributed by atoms with Gasteiger partial charge in [0.2, 0.25) is 0 Å². The normalized spacial score (nSPS) is 11.5. The van der Waals surface area contributed by atoms with Gasteiger partial charge in [0.05, 0.1) is 6.20 Å². The molecule has 0 saturated carbocycles. The van der Waals surface area contributed by atoms with Gasteiger partial charge in [-0.2, -0.15) is 5.10 Å². The average molecular weight is 204 g/mol. The molecule has 0 unspecified atom stereocenters. The van der Waals surface area contributed by atoms with E-state index < -0.39 is 0 Å². The second kappa shape index (κ2) is 3.98. The summed E-state index contributed by atoms with van der Waals surface area (Å²) < 4.78 is 1.85. The van der Waals surface area contributed by atoms with Crippen molar-refractivity contribution in [1.82, 2.24) is 19.9 Å². The summed E-state index contributed by atoms with van der Waals surface area (Å²) in [5.41, 5.74) is 3.28. The van der Waals surface area contributed by atoms with E-state index in [1.807, 2.05) is 30.2 Å². The number of nitrogens with one attached hydrogen (secondary N) is 1. The minimum absolute atomic E-state index is 0.485. The first-order valence-electron chi connectivity index (χ1n) is 5.19. The van der Waals surface area contributed by atoms with Gasteiger partial charge < -0.3 is 5.32 Å². The predicted octanol–water partition coefficient (Wildman–Crippen LogP) is 1.57. The Morgan fingerprint density at radius 3 is 2.87 bits per heavy atom. The second-order valence-electron chi connectivity index (χ2n) is 4.01. The van der Waals surface area contributed by atoms with Crippen LogP contribution >= 0.6 is 0 Å². The van der Waals surface area contributed by atoms with Crippen molar-refractivity contribution >= 4 is 5.65 Å². The van der Waals surface area contributed by atoms with Gasteiger partial charge in [-0.1, -0.05) is 13.8 Å². The molecular formula is C11H16N4. The van der Waals surface area contributed by atoms with Crippen LogP contribution in [0.3, 0.4) is 0 Å². The van der Waals surface area contributed by atoms with Crippen LogP contribution in [0.15, 0.2) is 18.6 Å². The van der Waals surface area contributed by atoms with Gasteiger partial charge >= 0.3 is 0 Å². The zero-order valence-electron chi connectivity index (χ0n) is 9.36. The Morgan fingerprint density at radius 2 is 2.20 bits per heavy atom. The molecule has 0 aromatic carbocycles. The van der Waals surface area contributed by atoms with E-state index in [1.54, 1.807) is 0 Å². The number of fused-ring (bicyclic) bond motifs is 1. The van der Waals surface area contributed by atoms with Crippen LogP contribution in [0.25, 0.3) is 5.65 Å². The van der Waals surface area contributed by atoms with Crippen LogP contribution < -0.4 is 5.32 Å². The van der Waals surface area contributed by atoms with Gasteiger partial charge in [-0.05, 0) is 18.5 Å². The zero-order chi connectivity index (χ0) is 10.8. The molecule has 0 aliphatic rings. The number of aromatic nitrogens is 3. The first-order chi connectivity index (χ1) is 7.22. The van der Waals surface area contributed by atoms with Crippen molar-refractivity contribution in [3.05, 3.63) is 29.7 Å². The molecule has 15 heavy (non-hydrogen) atoms. The third kappa shape index (κ3) is 1.85. The van der Waals surface area contributed by atoms with Crippen LogP contribution in [-0.2, 0) is 6.54 Å². The lowest BCUT2D eigenvalue weighted by Crippen LogP contribution is -2.05. The topological polar surface area (TPSA) is 42.2 Å². The van der Waals surface area contributed by atoms with Crippen molar-refractivity contribution in [2.75, 3.05) is 7.05 Å². The fraction of sp³-hybridized carbons (Fsp3) is 0.455. The standard InChI is InChI=1S/C11H16N4/c1-8(2)10-5-13-11-9(4-12-3)6-14-15(11)7-10/h5-8,12H,4H2,1-3H3. The van der Waals surface area contributed by atoms with E-state index in [-0.39, 0.29) is 0 Å². The second-order valence-corrected chi connectivity index (χ2v) is 4.01. The maximum absolute atomic E-state index is 4.44. The van der Waals surface area contributed by atoms with Gasteiger partial charge in [-0.15, -0.1) is 0 Å². The third-order valence-corrected chi connectivity index (χ3v) is 2.48. The fourth-order valence-electron chi connectivity index (χ4n) is 1.55. The minimum Gasteiger partial charge on any atom is -0.315 e. The Bertz CT molecular complexity index is 459. The Hall–Kier alpha value is -1.42. The number of hydrogen-bond acceptors (Lipinski definition) is 3. The van der Waals surface area contributed by atoms with Crippen molar-refractivity contribution in [3.63, 3.8) is 0 Å². The van der Waals surface area contributed by atoms with Crippen LogP contribution in [0.2, 0.25) is 0 Å². The van der Waals surface area contributed by atoms with Crippen molar-refractivity contribution < 1.29 is 0 Å². The van der Waals surface area contributed by atoms with Crippen molar-refractivity contribution in [3.8, 4) is 0 Å². The SMILES string of the molecule is CNCc1cnn2cc(C(C)C)cnc12. The molecule has 0 saturated heterocycles. The van der Waals surface area contributed by atoms with E-state index in [0.717, 1.165) is 17.8 Å². The Labute approximate surface area is 89.3 Å². The molecule has 80 valence electrons. The molecule has 2 heterocycles. The number of hydrogen-bond donors (Lipinski definition) is 1. The lowest BCUT2D eigenvalue weighted by atomic mass is 10.1. The molecule has 0 bridgehead atoms. The van der Waals surface area contributed by atoms with E-state index >= 15 is 0 Å². The molecule has 0 aliphatic heterocycles. The Morgan fingerprint density at radius 1 is 1.40 bits per heavy atom. The summed E-state index contributed by atoms with van der Waals surface area (Å²) in [6.45, 7) is 5.11. The smallest absolute Gasteiger partial charge is 0.159 e. The Balaban J connectivity index is 2.47. The molecule has 4 nitrogen and oxygen atoms in total. The van der Waals surface area contributed by atoms with Gasteiger partial charge in [0.15, 0.2) is 5.65 Å². The quantitative estimate of drug-likeness (QED) is 0.825. The minimum atomic E-state index is 0.485. The van der Waals surface area contributed by atoms with Crippen LogP contribution in [0, 0.1) is 0 Å². The molecule has 2 aromatic heterocycles. The van der Waals surface area contributed by atoms with Crippen LogP contribution in [0.4, 0.5) is 0 Å². The maximum Gasteiger partial charge on any atom is 0.159 e. The van der Waals surface area contributed by atoms with E-state index in [2.05, 4.69) is 29.2 Å². The van der Waals surface area contributed by atoms with Gasteiger partial charge in [0.1, 0.15) is 0 Å². The highest BCUT2D eigenvalue weighted by Gasteiger charge is 2.06. The van der Waals surface area contributed by atoms with Gasteiger partial charge in [0, 0.05) is 24.5 Å². The molecule has 0 aliphatic carbocycles. The summed E-state index contributed by atoms with van der Waals surface area (Å²) in [7, 11) is 1.92. The lowest BCUT2D eigenvalue weighted by molar-refractivity contribution is 0.813. The maximum atomic E-state index is 4.44. The van der Waals surface area contributed by atoms with Gasteiger partial charge in [-0.25, -0.2) is 9.50 Å². The monoisotopic (exact) mass is 204 g/mol. The first kappa shape index (κ1) is 10.1. The molecule has 0 amide bonds. The van der Waals surface area contributed by atoms with E-state index in [4.69, 9.17) is 0 Å². The third-order valence-electron chi connectivity index (χ3n) is 2.48. The van der Waals surface area contributed by atoms with Gasteiger partial charge in [-0.3, -0.25) is 0 Å². The van der Waals surface area contributed by atoms with Crippen molar-refractivity contribution in [2.24, 2.45) is 0 Å². The summed E-state index contributed by atoms with van der Waals surface area (Å²) in [5, 5.41) is 7.40. The van der Waals surface area contributed by atoms with E-state index in [0.29, 0.717) is 5.92 Å². The zero-order valence-corrected chi connectivity index (χ0v) is 9.36. The number of nitrogens with zero attached hydrogens (tertiary/aromatic N) is 3. The molecule has 0 fully saturated rings. The summed E-state index contributed by atoms with van der Waals surface area (Å²) in [5.74, 6) is 0.485. The highest BCUT2D eigenvalue weighted by atomic mass is 15.2. The van der Waals surface area contributed by atoms with Crippen molar-refractivity contribution in [1.29, 1.82) is 0 Å².